The monoisotopic (exact) mass is 245 g/mol. The minimum absolute atomic E-state index is 0.134. The quantitative estimate of drug-likeness (QED) is 0.656. The molecule has 0 radical (unpaired) electrons. The molecule has 2 amide bonds. The van der Waals surface area contributed by atoms with E-state index in [4.69, 9.17) is 5.73 Å². The minimum Gasteiger partial charge on any atom is -0.352 e. The zero-order valence-corrected chi connectivity index (χ0v) is 10.5. The first-order chi connectivity index (χ1) is 7.50. The topological polar surface area (TPSA) is 84.2 Å². The van der Waals surface area contributed by atoms with E-state index >= 15 is 0 Å². The maximum Gasteiger partial charge on any atom is 0.279 e. The van der Waals surface area contributed by atoms with Gasteiger partial charge in [0.2, 0.25) is 5.91 Å². The first-order valence-corrected chi connectivity index (χ1v) is 6.49. The Kier molecular flexibility index (Phi) is 4.61. The second-order valence-corrected chi connectivity index (χ2v) is 5.08. The minimum atomic E-state index is -0.407. The van der Waals surface area contributed by atoms with Crippen LogP contribution in [0.2, 0.25) is 0 Å². The van der Waals surface area contributed by atoms with Crippen molar-refractivity contribution in [3.8, 4) is 0 Å². The molecule has 1 aliphatic rings. The molecule has 1 atom stereocenters. The molecule has 16 heavy (non-hydrogen) atoms. The predicted molar refractivity (Wildman–Crippen MR) is 65.3 cm³/mol. The molecule has 0 aromatic heterocycles. The van der Waals surface area contributed by atoms with Gasteiger partial charge in [0, 0.05) is 17.8 Å². The zero-order chi connectivity index (χ0) is 12.2. The fourth-order valence-corrected chi connectivity index (χ4v) is 2.19. The van der Waals surface area contributed by atoms with Crippen molar-refractivity contribution in [3.63, 3.8) is 0 Å². The molecule has 1 fully saturated rings. The Morgan fingerprint density at radius 1 is 1.62 bits per heavy atom. The van der Waals surface area contributed by atoms with E-state index in [0.29, 0.717) is 12.3 Å². The van der Waals surface area contributed by atoms with E-state index in [-0.39, 0.29) is 16.7 Å². The van der Waals surface area contributed by atoms with Gasteiger partial charge in [0.05, 0.1) is 0 Å². The lowest BCUT2D eigenvalue weighted by Crippen LogP contribution is -2.52. The third kappa shape index (κ3) is 3.38. The van der Waals surface area contributed by atoms with E-state index in [0.717, 1.165) is 24.6 Å². The van der Waals surface area contributed by atoms with Gasteiger partial charge in [-0.25, -0.2) is 0 Å². The summed E-state index contributed by atoms with van der Waals surface area (Å²) in [7, 11) is 0. The summed E-state index contributed by atoms with van der Waals surface area (Å²) in [6.07, 6.45) is 1.63. The van der Waals surface area contributed by atoms with Crippen LogP contribution in [0.5, 0.6) is 0 Å². The Bertz CT molecular complexity index is 279. The SMILES string of the molecule is CCC(N)(CC)CNC(=O)[C@@H]1CSC(=O)N1. The Morgan fingerprint density at radius 2 is 2.25 bits per heavy atom. The average Bonchev–Trinajstić information content (AvgIpc) is 2.72. The highest BCUT2D eigenvalue weighted by Gasteiger charge is 2.29. The van der Waals surface area contributed by atoms with Crippen molar-refractivity contribution in [3.05, 3.63) is 0 Å². The summed E-state index contributed by atoms with van der Waals surface area (Å²) in [5, 5.41) is 5.26. The number of hydrogen-bond donors (Lipinski definition) is 3. The number of carbonyl (C=O) groups excluding carboxylic acids is 2. The molecule has 0 aliphatic carbocycles. The summed E-state index contributed by atoms with van der Waals surface area (Å²) >= 11 is 1.14. The zero-order valence-electron chi connectivity index (χ0n) is 9.71. The number of rotatable bonds is 5. The predicted octanol–water partition coefficient (Wildman–Crippen LogP) is 0.445. The van der Waals surface area contributed by atoms with Gasteiger partial charge in [0.25, 0.3) is 5.24 Å². The van der Waals surface area contributed by atoms with Crippen molar-refractivity contribution in [1.82, 2.24) is 10.6 Å². The summed E-state index contributed by atoms with van der Waals surface area (Å²) in [6, 6.07) is -0.407. The summed E-state index contributed by atoms with van der Waals surface area (Å²) in [4.78, 5) is 22.6. The Labute approximate surface area is 99.9 Å². The number of hydrogen-bond acceptors (Lipinski definition) is 4. The molecule has 0 bridgehead atoms. The molecule has 0 aromatic rings. The van der Waals surface area contributed by atoms with Gasteiger partial charge in [-0.1, -0.05) is 25.6 Å². The molecule has 0 unspecified atom stereocenters. The second-order valence-electron chi connectivity index (χ2n) is 4.08. The Balaban J connectivity index is 2.37. The Morgan fingerprint density at radius 3 is 2.69 bits per heavy atom. The molecule has 0 aromatic carbocycles. The van der Waals surface area contributed by atoms with Crippen molar-refractivity contribution in [1.29, 1.82) is 0 Å². The first-order valence-electron chi connectivity index (χ1n) is 5.50. The van der Waals surface area contributed by atoms with Gasteiger partial charge in [0.15, 0.2) is 0 Å². The van der Waals surface area contributed by atoms with Gasteiger partial charge in [-0.05, 0) is 12.8 Å². The lowest BCUT2D eigenvalue weighted by atomic mass is 9.94. The van der Waals surface area contributed by atoms with Gasteiger partial charge in [-0.3, -0.25) is 9.59 Å². The van der Waals surface area contributed by atoms with Crippen LogP contribution in [0.1, 0.15) is 26.7 Å². The van der Waals surface area contributed by atoms with Gasteiger partial charge >= 0.3 is 0 Å². The van der Waals surface area contributed by atoms with E-state index in [1.807, 2.05) is 13.8 Å². The van der Waals surface area contributed by atoms with E-state index in [1.54, 1.807) is 0 Å². The highest BCUT2D eigenvalue weighted by molar-refractivity contribution is 8.14. The summed E-state index contributed by atoms with van der Waals surface area (Å²) in [5.74, 6) is 0.357. The molecular formula is C10H19N3O2S. The van der Waals surface area contributed by atoms with Crippen molar-refractivity contribution in [2.24, 2.45) is 5.73 Å². The van der Waals surface area contributed by atoms with Crippen molar-refractivity contribution in [2.45, 2.75) is 38.3 Å². The van der Waals surface area contributed by atoms with Crippen LogP contribution in [0.15, 0.2) is 0 Å². The van der Waals surface area contributed by atoms with Crippen LogP contribution in [0, 0.1) is 0 Å². The van der Waals surface area contributed by atoms with Gasteiger partial charge in [-0.15, -0.1) is 0 Å². The first kappa shape index (κ1) is 13.3. The van der Waals surface area contributed by atoms with Crippen molar-refractivity contribution >= 4 is 22.9 Å². The van der Waals surface area contributed by atoms with Crippen molar-refractivity contribution in [2.75, 3.05) is 12.3 Å². The molecule has 6 heteroatoms. The summed E-state index contributed by atoms with van der Waals surface area (Å²) in [6.45, 7) is 4.46. The van der Waals surface area contributed by atoms with Crippen LogP contribution >= 0.6 is 11.8 Å². The molecule has 0 saturated carbocycles. The van der Waals surface area contributed by atoms with Crippen molar-refractivity contribution < 1.29 is 9.59 Å². The highest BCUT2D eigenvalue weighted by atomic mass is 32.2. The lowest BCUT2D eigenvalue weighted by Gasteiger charge is -2.27. The molecule has 1 aliphatic heterocycles. The van der Waals surface area contributed by atoms with Crippen LogP contribution in [-0.4, -0.2) is 35.0 Å². The number of thioether (sulfide) groups is 1. The van der Waals surface area contributed by atoms with E-state index in [9.17, 15) is 9.59 Å². The second kappa shape index (κ2) is 5.54. The molecule has 5 nitrogen and oxygen atoms in total. The average molecular weight is 245 g/mol. The lowest BCUT2D eigenvalue weighted by molar-refractivity contribution is -0.122. The largest absolute Gasteiger partial charge is 0.352 e. The van der Waals surface area contributed by atoms with Gasteiger partial charge in [-0.2, -0.15) is 0 Å². The maximum atomic E-state index is 11.7. The molecule has 4 N–H and O–H groups in total. The third-order valence-electron chi connectivity index (χ3n) is 3.01. The number of nitrogens with one attached hydrogen (secondary N) is 2. The maximum absolute atomic E-state index is 11.7. The van der Waals surface area contributed by atoms with E-state index in [1.165, 1.54) is 0 Å². The van der Waals surface area contributed by atoms with Crippen LogP contribution < -0.4 is 16.4 Å². The molecule has 0 spiro atoms. The fourth-order valence-electron chi connectivity index (χ4n) is 1.41. The molecule has 92 valence electrons. The van der Waals surface area contributed by atoms with E-state index in [2.05, 4.69) is 10.6 Å². The highest BCUT2D eigenvalue weighted by Crippen LogP contribution is 2.14. The number of nitrogens with two attached hydrogens (primary N) is 1. The fraction of sp³-hybridized carbons (Fsp3) is 0.800. The van der Waals surface area contributed by atoms with E-state index < -0.39 is 6.04 Å². The standard InChI is InChI=1S/C10H19N3O2S/c1-3-10(11,4-2)6-12-8(14)7-5-16-9(15)13-7/h7H,3-6,11H2,1-2H3,(H,12,14)(H,13,15)/t7-/m0/s1. The third-order valence-corrected chi connectivity index (χ3v) is 3.89. The molecule has 1 saturated heterocycles. The van der Waals surface area contributed by atoms with Crippen LogP contribution in [0.3, 0.4) is 0 Å². The number of carbonyl (C=O) groups is 2. The van der Waals surface area contributed by atoms with Gasteiger partial charge in [0.1, 0.15) is 6.04 Å². The smallest absolute Gasteiger partial charge is 0.279 e. The van der Waals surface area contributed by atoms with Gasteiger partial charge < -0.3 is 16.4 Å². The normalized spacial score (nSPS) is 20.7. The van der Waals surface area contributed by atoms with Crippen LogP contribution in [0.4, 0.5) is 4.79 Å². The molecular weight excluding hydrogens is 226 g/mol. The number of amides is 2. The Hall–Kier alpha value is -0.750. The molecule has 1 heterocycles. The van der Waals surface area contributed by atoms with Crippen LogP contribution in [0.25, 0.3) is 0 Å². The molecule has 1 rings (SSSR count). The summed E-state index contributed by atoms with van der Waals surface area (Å²) in [5.41, 5.74) is 5.72. The summed E-state index contributed by atoms with van der Waals surface area (Å²) < 4.78 is 0. The van der Waals surface area contributed by atoms with Crippen LogP contribution in [-0.2, 0) is 4.79 Å².